The number of phenols is 1. The lowest BCUT2D eigenvalue weighted by molar-refractivity contribution is -0.137. The van der Waals surface area contributed by atoms with Crippen LogP contribution in [0.3, 0.4) is 0 Å². The van der Waals surface area contributed by atoms with Crippen LogP contribution in [0.15, 0.2) is 29.4 Å². The number of amides is 2. The van der Waals surface area contributed by atoms with Gasteiger partial charge in [-0.05, 0) is 12.1 Å². The summed E-state index contributed by atoms with van der Waals surface area (Å²) in [4.78, 5) is 42.3. The second-order valence-electron chi connectivity index (χ2n) is 5.57. The number of carbonyl (C=O) groups is 3. The van der Waals surface area contributed by atoms with Crippen molar-refractivity contribution in [3.05, 3.63) is 24.3 Å². The van der Waals surface area contributed by atoms with Crippen LogP contribution >= 0.6 is 11.8 Å². The molecular weight excluding hydrogens is 416 g/mol. The number of hydrogen-bond donors (Lipinski definition) is 5. The highest BCUT2D eigenvalue weighted by Gasteiger charge is 2.11. The van der Waals surface area contributed by atoms with Crippen molar-refractivity contribution in [1.29, 1.82) is 0 Å². The molecular formula is C17H20N6O6S. The summed E-state index contributed by atoms with van der Waals surface area (Å²) in [7, 11) is 2.48. The zero-order valence-electron chi connectivity index (χ0n) is 16.3. The number of ether oxygens (including phenoxy) is 2. The van der Waals surface area contributed by atoms with E-state index in [2.05, 4.69) is 40.9 Å². The number of nitrogens with one attached hydrogen (secondary N) is 4. The number of carbonyl (C=O) groups excluding carboxylic acids is 3. The summed E-state index contributed by atoms with van der Waals surface area (Å²) in [6.45, 7) is 1.33. The van der Waals surface area contributed by atoms with Crippen molar-refractivity contribution in [3.8, 4) is 5.75 Å². The number of phenolic OH excluding ortho intramolecular Hbond substituents is 1. The highest BCUT2D eigenvalue weighted by Crippen LogP contribution is 2.29. The number of hydrogen-bond acceptors (Lipinski definition) is 11. The van der Waals surface area contributed by atoms with Gasteiger partial charge in [0, 0.05) is 24.7 Å². The molecule has 0 radical (unpaired) electrons. The van der Waals surface area contributed by atoms with E-state index >= 15 is 0 Å². The summed E-state index contributed by atoms with van der Waals surface area (Å²) in [6, 6.07) is 6.02. The molecule has 1 aromatic carbocycles. The van der Waals surface area contributed by atoms with Crippen molar-refractivity contribution in [3.63, 3.8) is 0 Å². The van der Waals surface area contributed by atoms with Gasteiger partial charge in [-0.2, -0.15) is 0 Å². The topological polar surface area (TPSA) is 164 Å². The highest BCUT2D eigenvalue weighted by atomic mass is 32.2. The van der Waals surface area contributed by atoms with Gasteiger partial charge in [-0.15, -0.1) is 0 Å². The van der Waals surface area contributed by atoms with Gasteiger partial charge < -0.3 is 25.2 Å². The summed E-state index contributed by atoms with van der Waals surface area (Å²) < 4.78 is 9.07. The number of rotatable bonds is 8. The zero-order chi connectivity index (χ0) is 22.1. The first-order valence-electron chi connectivity index (χ1n) is 8.37. The Morgan fingerprint density at radius 2 is 1.83 bits per heavy atom. The van der Waals surface area contributed by atoms with Gasteiger partial charge in [0.25, 0.3) is 0 Å². The van der Waals surface area contributed by atoms with Crippen LogP contribution in [0.4, 0.5) is 27.8 Å². The molecule has 13 heteroatoms. The minimum Gasteiger partial charge on any atom is -0.506 e. The molecule has 2 amide bonds. The number of nitrogens with zero attached hydrogens (tertiary/aromatic N) is 2. The fourth-order valence-electron chi connectivity index (χ4n) is 2.02. The number of hydrazine groups is 1. The standard InChI is InChI=1S/C17H20N6O6S/c1-9(24)18-11-5-4-10(6-12(11)25)19-13-7-14(22-23-17(27)29-3)21-16(20-13)30-8-15(26)28-2/h4-7,25H,8H2,1-3H3,(H,18,24)(H,23,27)(H2,19,20,21,22). The van der Waals surface area contributed by atoms with Gasteiger partial charge in [-0.1, -0.05) is 11.8 Å². The summed E-state index contributed by atoms with van der Waals surface area (Å²) >= 11 is 1.03. The van der Waals surface area contributed by atoms with Crippen molar-refractivity contribution < 1.29 is 29.0 Å². The van der Waals surface area contributed by atoms with Crippen LogP contribution in [0.2, 0.25) is 0 Å². The van der Waals surface area contributed by atoms with E-state index in [-0.39, 0.29) is 34.1 Å². The molecule has 1 aromatic heterocycles. The Morgan fingerprint density at radius 1 is 1.10 bits per heavy atom. The Kier molecular flexibility index (Phi) is 8.05. The molecule has 0 fully saturated rings. The SMILES string of the molecule is COC(=O)CSc1nc(NNC(=O)OC)cc(Nc2ccc(NC(C)=O)c(O)c2)n1. The maximum atomic E-state index is 11.4. The predicted molar refractivity (Wildman–Crippen MR) is 110 cm³/mol. The monoisotopic (exact) mass is 436 g/mol. The van der Waals surface area contributed by atoms with E-state index < -0.39 is 12.1 Å². The fourth-order valence-corrected chi connectivity index (χ4v) is 2.71. The average Bonchev–Trinajstić information content (AvgIpc) is 2.71. The van der Waals surface area contributed by atoms with E-state index in [1.54, 1.807) is 6.07 Å². The molecule has 0 saturated carbocycles. The van der Waals surface area contributed by atoms with Crippen molar-refractivity contribution in [2.24, 2.45) is 0 Å². The lowest BCUT2D eigenvalue weighted by Gasteiger charge is -2.12. The number of anilines is 4. The first-order valence-corrected chi connectivity index (χ1v) is 9.35. The molecule has 2 rings (SSSR count). The minimum atomic E-state index is -0.731. The van der Waals surface area contributed by atoms with E-state index in [0.29, 0.717) is 11.5 Å². The van der Waals surface area contributed by atoms with Crippen LogP contribution in [-0.2, 0) is 19.1 Å². The first kappa shape index (κ1) is 22.5. The third-order valence-electron chi connectivity index (χ3n) is 3.31. The number of esters is 1. The molecule has 0 aliphatic heterocycles. The number of methoxy groups -OCH3 is 2. The van der Waals surface area contributed by atoms with Crippen LogP contribution in [0.1, 0.15) is 6.92 Å². The molecule has 1 heterocycles. The number of benzene rings is 1. The summed E-state index contributed by atoms with van der Waals surface area (Å²) in [5, 5.41) is 15.7. The fraction of sp³-hybridized carbons (Fsp3) is 0.235. The molecule has 0 unspecified atom stereocenters. The van der Waals surface area contributed by atoms with Gasteiger partial charge in [-0.3, -0.25) is 15.0 Å². The Morgan fingerprint density at radius 3 is 2.47 bits per heavy atom. The minimum absolute atomic E-state index is 0.0178. The maximum Gasteiger partial charge on any atom is 0.425 e. The molecule has 0 atom stereocenters. The smallest absolute Gasteiger partial charge is 0.425 e. The second kappa shape index (κ2) is 10.7. The van der Waals surface area contributed by atoms with Crippen molar-refractivity contribution in [2.75, 3.05) is 36.0 Å². The van der Waals surface area contributed by atoms with E-state index in [0.717, 1.165) is 11.8 Å². The van der Waals surface area contributed by atoms with Gasteiger partial charge >= 0.3 is 12.1 Å². The van der Waals surface area contributed by atoms with E-state index in [9.17, 15) is 19.5 Å². The van der Waals surface area contributed by atoms with Gasteiger partial charge in [0.2, 0.25) is 5.91 Å². The van der Waals surface area contributed by atoms with Crippen molar-refractivity contribution in [1.82, 2.24) is 15.4 Å². The second-order valence-corrected chi connectivity index (χ2v) is 6.51. The molecule has 12 nitrogen and oxygen atoms in total. The summed E-state index contributed by atoms with van der Waals surface area (Å²) in [6.07, 6.45) is -0.731. The van der Waals surface area contributed by atoms with Crippen LogP contribution in [0.25, 0.3) is 0 Å². The first-order chi connectivity index (χ1) is 14.3. The molecule has 0 aliphatic rings. The molecule has 160 valence electrons. The van der Waals surface area contributed by atoms with Crippen LogP contribution in [0, 0.1) is 0 Å². The van der Waals surface area contributed by atoms with E-state index in [1.165, 1.54) is 39.3 Å². The van der Waals surface area contributed by atoms with E-state index in [1.807, 2.05) is 0 Å². The lowest BCUT2D eigenvalue weighted by Crippen LogP contribution is -2.29. The van der Waals surface area contributed by atoms with E-state index in [4.69, 9.17) is 0 Å². The quantitative estimate of drug-likeness (QED) is 0.135. The largest absolute Gasteiger partial charge is 0.506 e. The molecule has 2 aromatic rings. The number of aromatic hydroxyl groups is 1. The third kappa shape index (κ3) is 7.01. The molecule has 0 spiro atoms. The Labute approximate surface area is 175 Å². The van der Waals surface area contributed by atoms with Gasteiger partial charge in [-0.25, -0.2) is 20.2 Å². The van der Waals surface area contributed by atoms with Gasteiger partial charge in [0.05, 0.1) is 25.7 Å². The Balaban J connectivity index is 2.23. The zero-order valence-corrected chi connectivity index (χ0v) is 17.1. The van der Waals surface area contributed by atoms with Crippen molar-refractivity contribution in [2.45, 2.75) is 12.1 Å². The number of aromatic nitrogens is 2. The summed E-state index contributed by atoms with van der Waals surface area (Å²) in [5.74, 6) is -0.418. The van der Waals surface area contributed by atoms with Crippen molar-refractivity contribution >= 4 is 52.7 Å². The Hall–Kier alpha value is -3.74. The predicted octanol–water partition coefficient (Wildman–Crippen LogP) is 1.83. The molecule has 30 heavy (non-hydrogen) atoms. The van der Waals surface area contributed by atoms with Gasteiger partial charge in [0.15, 0.2) is 11.0 Å². The Bertz CT molecular complexity index is 903. The molecule has 0 bridgehead atoms. The molecule has 0 saturated heterocycles. The van der Waals surface area contributed by atoms with Crippen LogP contribution in [0.5, 0.6) is 5.75 Å². The average molecular weight is 436 g/mol. The van der Waals surface area contributed by atoms with Gasteiger partial charge in [0.1, 0.15) is 11.6 Å². The number of thioether (sulfide) groups is 1. The summed E-state index contributed by atoms with van der Waals surface area (Å²) in [5.41, 5.74) is 5.56. The molecule has 0 aliphatic carbocycles. The maximum absolute atomic E-state index is 11.4. The van der Waals surface area contributed by atoms with Crippen LogP contribution < -0.4 is 21.5 Å². The highest BCUT2D eigenvalue weighted by molar-refractivity contribution is 7.99. The lowest BCUT2D eigenvalue weighted by atomic mass is 10.2. The van der Waals surface area contributed by atoms with Crippen LogP contribution in [-0.4, -0.2) is 53.0 Å². The molecule has 5 N–H and O–H groups in total. The third-order valence-corrected chi connectivity index (χ3v) is 4.13. The normalized spacial score (nSPS) is 9.97.